The Morgan fingerprint density at radius 3 is 2.78 bits per heavy atom. The normalized spacial score (nSPS) is 18.4. The zero-order chi connectivity index (χ0) is 16.7. The van der Waals surface area contributed by atoms with Crippen LogP contribution in [0.25, 0.3) is 0 Å². The van der Waals surface area contributed by atoms with Gasteiger partial charge in [0.1, 0.15) is 0 Å². The standard InChI is InChI=1S/C17H30N4O2/c1-14-11-19-21(12-14)10-6-9-18-16(23)20-17(2,13-22)15-7-4-3-5-8-15/h11-12,15,22H,3-10,13H2,1-2H3,(H2,18,20,23)/t17-/m1/s1. The van der Waals surface area contributed by atoms with Crippen LogP contribution in [0.3, 0.4) is 0 Å². The van der Waals surface area contributed by atoms with Crippen molar-refractivity contribution in [3.63, 3.8) is 0 Å². The molecule has 0 saturated heterocycles. The number of aliphatic hydroxyl groups is 1. The number of rotatable bonds is 7. The van der Waals surface area contributed by atoms with Crippen molar-refractivity contribution in [2.75, 3.05) is 13.2 Å². The summed E-state index contributed by atoms with van der Waals surface area (Å²) in [5, 5.41) is 19.9. The van der Waals surface area contributed by atoms with Gasteiger partial charge in [0.25, 0.3) is 0 Å². The number of nitrogens with one attached hydrogen (secondary N) is 2. The Labute approximate surface area is 138 Å². The van der Waals surface area contributed by atoms with Gasteiger partial charge in [-0.3, -0.25) is 4.68 Å². The van der Waals surface area contributed by atoms with Crippen molar-refractivity contribution in [2.45, 2.75) is 64.5 Å². The Balaban J connectivity index is 1.71. The Hall–Kier alpha value is -1.56. The van der Waals surface area contributed by atoms with Crippen molar-refractivity contribution in [3.05, 3.63) is 18.0 Å². The molecule has 130 valence electrons. The third-order valence-corrected chi connectivity index (χ3v) is 4.85. The topological polar surface area (TPSA) is 79.2 Å². The van der Waals surface area contributed by atoms with Gasteiger partial charge in [-0.15, -0.1) is 0 Å². The predicted molar refractivity (Wildman–Crippen MR) is 90.2 cm³/mol. The van der Waals surface area contributed by atoms with Gasteiger partial charge >= 0.3 is 6.03 Å². The summed E-state index contributed by atoms with van der Waals surface area (Å²) in [6, 6.07) is -0.191. The molecule has 6 heteroatoms. The maximum Gasteiger partial charge on any atom is 0.315 e. The van der Waals surface area contributed by atoms with Crippen molar-refractivity contribution in [1.29, 1.82) is 0 Å². The SMILES string of the molecule is Cc1cnn(CCCNC(=O)N[C@](C)(CO)C2CCCCC2)c1. The lowest BCUT2D eigenvalue weighted by molar-refractivity contribution is 0.101. The lowest BCUT2D eigenvalue weighted by Crippen LogP contribution is -2.57. The van der Waals surface area contributed by atoms with Crippen molar-refractivity contribution < 1.29 is 9.90 Å². The predicted octanol–water partition coefficient (Wildman–Crippen LogP) is 2.21. The first kappa shape index (κ1) is 17.8. The molecule has 2 rings (SSSR count). The van der Waals surface area contributed by atoms with E-state index in [1.165, 1.54) is 19.3 Å². The van der Waals surface area contributed by atoms with E-state index in [0.717, 1.165) is 31.4 Å². The third kappa shape index (κ3) is 5.23. The van der Waals surface area contributed by atoms with Gasteiger partial charge in [-0.25, -0.2) is 4.79 Å². The highest BCUT2D eigenvalue weighted by Crippen LogP contribution is 2.32. The second-order valence-corrected chi connectivity index (χ2v) is 6.93. The van der Waals surface area contributed by atoms with Gasteiger partial charge < -0.3 is 15.7 Å². The van der Waals surface area contributed by atoms with Gasteiger partial charge in [0, 0.05) is 19.3 Å². The number of carbonyl (C=O) groups is 1. The zero-order valence-corrected chi connectivity index (χ0v) is 14.3. The van der Waals surface area contributed by atoms with Gasteiger partial charge in [-0.05, 0) is 44.6 Å². The molecule has 1 fully saturated rings. The van der Waals surface area contributed by atoms with Gasteiger partial charge in [0.05, 0.1) is 18.3 Å². The summed E-state index contributed by atoms with van der Waals surface area (Å²) in [5.41, 5.74) is 0.616. The summed E-state index contributed by atoms with van der Waals surface area (Å²) >= 11 is 0. The molecule has 0 spiro atoms. The molecule has 0 unspecified atom stereocenters. The second-order valence-electron chi connectivity index (χ2n) is 6.93. The lowest BCUT2D eigenvalue weighted by Gasteiger charge is -2.39. The lowest BCUT2D eigenvalue weighted by atomic mass is 9.76. The van der Waals surface area contributed by atoms with Crippen molar-refractivity contribution in [3.8, 4) is 0 Å². The fraction of sp³-hybridized carbons (Fsp3) is 0.765. The molecule has 0 aliphatic heterocycles. The first-order valence-electron chi connectivity index (χ1n) is 8.69. The van der Waals surface area contributed by atoms with E-state index in [0.29, 0.717) is 12.5 Å². The summed E-state index contributed by atoms with van der Waals surface area (Å²) in [6.07, 6.45) is 10.4. The summed E-state index contributed by atoms with van der Waals surface area (Å²) in [7, 11) is 0. The molecule has 1 heterocycles. The molecule has 23 heavy (non-hydrogen) atoms. The molecule has 1 saturated carbocycles. The quantitative estimate of drug-likeness (QED) is 0.673. The number of urea groups is 1. The Bertz CT molecular complexity index is 497. The number of amides is 2. The number of aromatic nitrogens is 2. The van der Waals surface area contributed by atoms with Crippen LogP contribution in [0.1, 0.15) is 51.0 Å². The van der Waals surface area contributed by atoms with Crippen LogP contribution in [-0.2, 0) is 6.54 Å². The Kier molecular flexibility index (Phi) is 6.45. The molecule has 1 aromatic rings. The number of hydrogen-bond donors (Lipinski definition) is 3. The summed E-state index contributed by atoms with van der Waals surface area (Å²) in [5.74, 6) is 0.360. The largest absolute Gasteiger partial charge is 0.394 e. The average molecular weight is 322 g/mol. The fourth-order valence-corrected chi connectivity index (χ4v) is 3.35. The monoisotopic (exact) mass is 322 g/mol. The smallest absolute Gasteiger partial charge is 0.315 e. The van der Waals surface area contributed by atoms with Crippen molar-refractivity contribution in [2.24, 2.45) is 5.92 Å². The van der Waals surface area contributed by atoms with Crippen LogP contribution < -0.4 is 10.6 Å². The number of aryl methyl sites for hydroxylation is 2. The van der Waals surface area contributed by atoms with Crippen molar-refractivity contribution in [1.82, 2.24) is 20.4 Å². The highest BCUT2D eigenvalue weighted by Gasteiger charge is 2.35. The molecule has 1 aliphatic rings. The first-order chi connectivity index (χ1) is 11.0. The van der Waals surface area contributed by atoms with E-state index < -0.39 is 5.54 Å². The van der Waals surface area contributed by atoms with E-state index in [1.54, 1.807) is 0 Å². The van der Waals surface area contributed by atoms with E-state index in [1.807, 2.05) is 30.9 Å². The van der Waals surface area contributed by atoms with Crippen LogP contribution in [0.5, 0.6) is 0 Å². The van der Waals surface area contributed by atoms with Crippen LogP contribution in [0, 0.1) is 12.8 Å². The van der Waals surface area contributed by atoms with Crippen LogP contribution in [0.4, 0.5) is 4.79 Å². The molecule has 2 amide bonds. The van der Waals surface area contributed by atoms with E-state index in [4.69, 9.17) is 0 Å². The number of carbonyl (C=O) groups excluding carboxylic acids is 1. The molecule has 0 radical (unpaired) electrons. The molecule has 3 N–H and O–H groups in total. The molecule has 0 bridgehead atoms. The van der Waals surface area contributed by atoms with Crippen LogP contribution in [0.2, 0.25) is 0 Å². The molecule has 6 nitrogen and oxygen atoms in total. The van der Waals surface area contributed by atoms with Gasteiger partial charge in [-0.1, -0.05) is 19.3 Å². The third-order valence-electron chi connectivity index (χ3n) is 4.85. The second kappa shape index (κ2) is 8.34. The first-order valence-corrected chi connectivity index (χ1v) is 8.69. The highest BCUT2D eigenvalue weighted by molar-refractivity contribution is 5.74. The Morgan fingerprint density at radius 2 is 2.17 bits per heavy atom. The molecular weight excluding hydrogens is 292 g/mol. The number of hydrogen-bond acceptors (Lipinski definition) is 3. The van der Waals surface area contributed by atoms with Gasteiger partial charge in [0.15, 0.2) is 0 Å². The van der Waals surface area contributed by atoms with E-state index in [2.05, 4.69) is 15.7 Å². The number of nitrogens with zero attached hydrogens (tertiary/aromatic N) is 2. The van der Waals surface area contributed by atoms with Crippen LogP contribution in [0.15, 0.2) is 12.4 Å². The summed E-state index contributed by atoms with van der Waals surface area (Å²) in [4.78, 5) is 12.1. The molecule has 1 atom stereocenters. The minimum Gasteiger partial charge on any atom is -0.394 e. The van der Waals surface area contributed by atoms with E-state index in [9.17, 15) is 9.90 Å². The minimum absolute atomic E-state index is 0.0162. The molecule has 0 aromatic carbocycles. The van der Waals surface area contributed by atoms with Crippen LogP contribution >= 0.6 is 0 Å². The van der Waals surface area contributed by atoms with E-state index in [-0.39, 0.29) is 12.6 Å². The number of aliphatic hydroxyl groups excluding tert-OH is 1. The Morgan fingerprint density at radius 1 is 1.43 bits per heavy atom. The van der Waals surface area contributed by atoms with Crippen LogP contribution in [-0.4, -0.2) is 39.6 Å². The summed E-state index contributed by atoms with van der Waals surface area (Å²) < 4.78 is 1.88. The minimum atomic E-state index is -0.524. The zero-order valence-electron chi connectivity index (χ0n) is 14.3. The highest BCUT2D eigenvalue weighted by atomic mass is 16.3. The van der Waals surface area contributed by atoms with Crippen molar-refractivity contribution >= 4 is 6.03 Å². The van der Waals surface area contributed by atoms with Gasteiger partial charge in [0.2, 0.25) is 0 Å². The fourth-order valence-electron chi connectivity index (χ4n) is 3.35. The summed E-state index contributed by atoms with van der Waals surface area (Å²) in [6.45, 7) is 5.33. The average Bonchev–Trinajstić information content (AvgIpc) is 2.97. The maximum atomic E-state index is 12.1. The van der Waals surface area contributed by atoms with E-state index >= 15 is 0 Å². The molecule has 1 aromatic heterocycles. The molecular formula is C17H30N4O2. The molecule has 1 aliphatic carbocycles. The van der Waals surface area contributed by atoms with Gasteiger partial charge in [-0.2, -0.15) is 5.10 Å². The maximum absolute atomic E-state index is 12.1.